The molecule has 12 aromatic rings. The van der Waals surface area contributed by atoms with Crippen LogP contribution in [0.4, 0.5) is 17.1 Å². The lowest BCUT2D eigenvalue weighted by molar-refractivity contribution is 0.669. The second kappa shape index (κ2) is 13.7. The SMILES string of the molecule is C1=CC(n2c3ccccc3c3cc(N(c4ccc(-c5ccc(-n6c7ccccc7c7ccc8ccccc8c76)cc5)cc4)c4ccc5c(c4)oc4ccccc45)ccc32)=CCC1. The quantitative estimate of drug-likeness (QED) is 0.168. The van der Waals surface area contributed by atoms with Gasteiger partial charge in [-0.3, -0.25) is 0 Å². The molecule has 0 atom stereocenters. The van der Waals surface area contributed by atoms with Crippen LogP contribution in [0.5, 0.6) is 0 Å². The van der Waals surface area contributed by atoms with E-state index in [2.05, 4.69) is 214 Å². The van der Waals surface area contributed by atoms with Gasteiger partial charge in [-0.1, -0.05) is 127 Å². The summed E-state index contributed by atoms with van der Waals surface area (Å²) in [5.74, 6) is 0. The molecule has 0 radical (unpaired) electrons. The molecule has 0 spiro atoms. The molecule has 0 fully saturated rings. The second-order valence-corrected chi connectivity index (χ2v) is 16.4. The lowest BCUT2D eigenvalue weighted by Gasteiger charge is -2.26. The van der Waals surface area contributed by atoms with Crippen molar-refractivity contribution in [2.24, 2.45) is 0 Å². The first-order chi connectivity index (χ1) is 30.7. The van der Waals surface area contributed by atoms with Gasteiger partial charge in [0.05, 0.1) is 22.1 Å². The van der Waals surface area contributed by atoms with Crippen LogP contribution in [0, 0.1) is 0 Å². The van der Waals surface area contributed by atoms with Crippen molar-refractivity contribution in [2.75, 3.05) is 4.90 Å². The number of aromatic nitrogens is 2. The molecule has 0 saturated heterocycles. The van der Waals surface area contributed by atoms with E-state index in [0.717, 1.165) is 63.1 Å². The van der Waals surface area contributed by atoms with Crippen molar-refractivity contribution < 1.29 is 4.42 Å². The summed E-state index contributed by atoms with van der Waals surface area (Å²) in [6, 6.07) is 70.5. The average Bonchev–Trinajstić information content (AvgIpc) is 4.00. The summed E-state index contributed by atoms with van der Waals surface area (Å²) >= 11 is 0. The Bertz CT molecular complexity index is 3800. The number of para-hydroxylation sites is 3. The van der Waals surface area contributed by atoms with Crippen LogP contribution in [-0.4, -0.2) is 9.13 Å². The van der Waals surface area contributed by atoms with Crippen LogP contribution >= 0.6 is 0 Å². The third kappa shape index (κ3) is 5.33. The molecule has 0 bridgehead atoms. The van der Waals surface area contributed by atoms with Crippen LogP contribution in [0.15, 0.2) is 217 Å². The lowest BCUT2D eigenvalue weighted by Crippen LogP contribution is -2.10. The van der Waals surface area contributed by atoms with Crippen LogP contribution in [0.2, 0.25) is 0 Å². The van der Waals surface area contributed by atoms with Gasteiger partial charge in [0.25, 0.3) is 0 Å². The molecule has 9 aromatic carbocycles. The van der Waals surface area contributed by atoms with E-state index in [1.165, 1.54) is 65.6 Å². The highest BCUT2D eigenvalue weighted by atomic mass is 16.3. The third-order valence-electron chi connectivity index (χ3n) is 12.9. The third-order valence-corrected chi connectivity index (χ3v) is 12.9. The molecule has 4 heteroatoms. The summed E-state index contributed by atoms with van der Waals surface area (Å²) in [5.41, 5.74) is 14.5. The molecule has 13 rings (SSSR count). The maximum Gasteiger partial charge on any atom is 0.137 e. The molecule has 3 aromatic heterocycles. The number of anilines is 3. The van der Waals surface area contributed by atoms with Crippen LogP contribution in [0.3, 0.4) is 0 Å². The van der Waals surface area contributed by atoms with Crippen molar-refractivity contribution >= 4 is 99.1 Å². The molecule has 0 saturated carbocycles. The van der Waals surface area contributed by atoms with Crippen molar-refractivity contribution in [3.63, 3.8) is 0 Å². The van der Waals surface area contributed by atoms with Gasteiger partial charge in [0.15, 0.2) is 0 Å². The molecule has 0 aliphatic heterocycles. The highest BCUT2D eigenvalue weighted by molar-refractivity contribution is 6.18. The van der Waals surface area contributed by atoms with Crippen molar-refractivity contribution in [2.45, 2.75) is 12.8 Å². The van der Waals surface area contributed by atoms with E-state index in [0.29, 0.717) is 0 Å². The van der Waals surface area contributed by atoms with Gasteiger partial charge in [0.2, 0.25) is 0 Å². The summed E-state index contributed by atoms with van der Waals surface area (Å²) in [6.45, 7) is 0. The minimum Gasteiger partial charge on any atom is -0.456 e. The van der Waals surface area contributed by atoms with E-state index < -0.39 is 0 Å². The van der Waals surface area contributed by atoms with Gasteiger partial charge in [-0.2, -0.15) is 0 Å². The maximum absolute atomic E-state index is 6.45. The molecule has 1 aliphatic rings. The number of benzene rings is 9. The summed E-state index contributed by atoms with van der Waals surface area (Å²) in [5, 5.41) is 9.74. The van der Waals surface area contributed by atoms with Crippen molar-refractivity contribution in [1.82, 2.24) is 9.13 Å². The highest BCUT2D eigenvalue weighted by Gasteiger charge is 2.20. The average molecular weight is 794 g/mol. The van der Waals surface area contributed by atoms with Crippen molar-refractivity contribution in [3.05, 3.63) is 212 Å². The zero-order chi connectivity index (χ0) is 40.7. The maximum atomic E-state index is 6.45. The summed E-state index contributed by atoms with van der Waals surface area (Å²) < 4.78 is 11.3. The van der Waals surface area contributed by atoms with Crippen molar-refractivity contribution in [3.8, 4) is 16.8 Å². The Labute approximate surface area is 358 Å². The number of hydrogen-bond donors (Lipinski definition) is 0. The van der Waals surface area contributed by atoms with Gasteiger partial charge in [-0.15, -0.1) is 0 Å². The highest BCUT2D eigenvalue weighted by Crippen LogP contribution is 2.43. The van der Waals surface area contributed by atoms with Gasteiger partial charge in [0.1, 0.15) is 11.2 Å². The van der Waals surface area contributed by atoms with Crippen LogP contribution in [-0.2, 0) is 0 Å². The molecule has 0 N–H and O–H groups in total. The first kappa shape index (κ1) is 34.8. The molecule has 0 unspecified atom stereocenters. The van der Waals surface area contributed by atoms with Crippen molar-refractivity contribution in [1.29, 1.82) is 0 Å². The Balaban J connectivity index is 0.926. The van der Waals surface area contributed by atoms with E-state index in [1.54, 1.807) is 0 Å². The standard InChI is InChI=1S/C58H39N3O/c1-2-13-41(14-3-1)60-53-19-9-7-17-48(53)52-36-44(32-35-55(52)60)59(45-31-34-50-49-18-8-11-21-56(49)62-57(50)37-45)42-27-22-38(23-28-42)39-24-29-43(30-25-39)61-54-20-10-6-16-47(54)51-33-26-40-12-4-5-15-46(40)58(51)61/h2,4-37H,1,3H2. The Morgan fingerprint density at radius 2 is 1.00 bits per heavy atom. The monoisotopic (exact) mass is 793 g/mol. The van der Waals surface area contributed by atoms with Gasteiger partial charge >= 0.3 is 0 Å². The zero-order valence-corrected chi connectivity index (χ0v) is 33.9. The number of rotatable bonds is 6. The Kier molecular flexibility index (Phi) is 7.70. The molecular weight excluding hydrogens is 755 g/mol. The fourth-order valence-corrected chi connectivity index (χ4v) is 10.0. The second-order valence-electron chi connectivity index (χ2n) is 16.4. The minimum absolute atomic E-state index is 0.871. The minimum atomic E-state index is 0.871. The van der Waals surface area contributed by atoms with Crippen LogP contribution in [0.1, 0.15) is 12.8 Å². The predicted molar refractivity (Wildman–Crippen MR) is 261 cm³/mol. The Morgan fingerprint density at radius 3 is 1.79 bits per heavy atom. The Morgan fingerprint density at radius 1 is 0.403 bits per heavy atom. The van der Waals surface area contributed by atoms with Gasteiger partial charge in [-0.25, -0.2) is 0 Å². The largest absolute Gasteiger partial charge is 0.456 e. The van der Waals surface area contributed by atoms with Gasteiger partial charge in [-0.05, 0) is 108 Å². The zero-order valence-electron chi connectivity index (χ0n) is 33.9. The fraction of sp³-hybridized carbons (Fsp3) is 0.0345. The molecule has 4 nitrogen and oxygen atoms in total. The first-order valence-corrected chi connectivity index (χ1v) is 21.5. The predicted octanol–water partition coefficient (Wildman–Crippen LogP) is 16.3. The number of nitrogens with zero attached hydrogens (tertiary/aromatic N) is 3. The molecular formula is C58H39N3O. The van der Waals surface area contributed by atoms with E-state index in [1.807, 2.05) is 12.1 Å². The summed E-state index contributed by atoms with van der Waals surface area (Å²) in [7, 11) is 0. The smallest absolute Gasteiger partial charge is 0.137 e. The molecule has 292 valence electrons. The number of allylic oxidation sites excluding steroid dienone is 4. The van der Waals surface area contributed by atoms with E-state index in [-0.39, 0.29) is 0 Å². The van der Waals surface area contributed by atoms with Gasteiger partial charge < -0.3 is 18.5 Å². The number of fused-ring (bicyclic) bond motifs is 11. The lowest BCUT2D eigenvalue weighted by atomic mass is 10.0. The molecule has 0 amide bonds. The van der Waals surface area contributed by atoms with Crippen LogP contribution < -0.4 is 4.90 Å². The summed E-state index contributed by atoms with van der Waals surface area (Å²) in [4.78, 5) is 2.36. The van der Waals surface area contributed by atoms with E-state index in [9.17, 15) is 0 Å². The molecule has 1 aliphatic carbocycles. The topological polar surface area (TPSA) is 26.2 Å². The number of furan rings is 1. The van der Waals surface area contributed by atoms with Crippen LogP contribution in [0.25, 0.3) is 98.8 Å². The number of hydrogen-bond acceptors (Lipinski definition) is 2. The summed E-state index contributed by atoms with van der Waals surface area (Å²) in [6.07, 6.45) is 9.04. The van der Waals surface area contributed by atoms with E-state index >= 15 is 0 Å². The molecule has 62 heavy (non-hydrogen) atoms. The first-order valence-electron chi connectivity index (χ1n) is 21.5. The van der Waals surface area contributed by atoms with E-state index in [4.69, 9.17) is 4.42 Å². The fourth-order valence-electron chi connectivity index (χ4n) is 10.0. The Hall–Kier alpha value is -8.08. The van der Waals surface area contributed by atoms with Gasteiger partial charge in [0, 0.05) is 72.2 Å². The molecule has 3 heterocycles. The normalized spacial score (nSPS) is 13.1.